The molecule has 0 radical (unpaired) electrons. The molecule has 0 saturated carbocycles. The molecule has 0 bridgehead atoms. The predicted octanol–water partition coefficient (Wildman–Crippen LogP) is 2.66. The minimum Gasteiger partial charge on any atom is -0.496 e. The van der Waals surface area contributed by atoms with E-state index >= 15 is 0 Å². The van der Waals surface area contributed by atoms with Gasteiger partial charge >= 0.3 is 0 Å². The van der Waals surface area contributed by atoms with Crippen molar-refractivity contribution < 1.29 is 9.47 Å². The van der Waals surface area contributed by atoms with Crippen molar-refractivity contribution in [3.8, 4) is 22.8 Å². The quantitative estimate of drug-likeness (QED) is 0.878. The molecule has 0 spiro atoms. The third kappa shape index (κ3) is 3.08. The summed E-state index contributed by atoms with van der Waals surface area (Å²) in [4.78, 5) is 4.29. The van der Waals surface area contributed by atoms with E-state index in [9.17, 15) is 0 Å². The van der Waals surface area contributed by atoms with E-state index in [2.05, 4.69) is 11.1 Å². The van der Waals surface area contributed by atoms with Crippen LogP contribution in [-0.4, -0.2) is 25.2 Å². The first-order chi connectivity index (χ1) is 9.80. The maximum absolute atomic E-state index is 5.63. The summed E-state index contributed by atoms with van der Waals surface area (Å²) in [5.74, 6) is 1.43. The fourth-order valence-electron chi connectivity index (χ4n) is 2.14. The van der Waals surface area contributed by atoms with Crippen LogP contribution < -0.4 is 15.2 Å². The van der Waals surface area contributed by atoms with Gasteiger partial charge in [0.2, 0.25) is 5.88 Å². The Morgan fingerprint density at radius 1 is 1.20 bits per heavy atom. The number of benzene rings is 1. The van der Waals surface area contributed by atoms with Gasteiger partial charge in [-0.05, 0) is 49.7 Å². The SMILES string of the molecule is CCOc1ncccc1-c1cc(CCN)ccc1OC. The standard InChI is InChI=1S/C16H20N2O2/c1-3-20-16-13(5-4-10-18-16)14-11-12(8-9-17)6-7-15(14)19-2/h4-7,10-11H,3,8-9,17H2,1-2H3. The molecule has 4 heteroatoms. The first-order valence-electron chi connectivity index (χ1n) is 6.75. The number of aromatic nitrogens is 1. The zero-order valence-electron chi connectivity index (χ0n) is 11.9. The van der Waals surface area contributed by atoms with Crippen LogP contribution in [0.15, 0.2) is 36.5 Å². The molecule has 0 aliphatic rings. The molecular weight excluding hydrogens is 252 g/mol. The van der Waals surface area contributed by atoms with Crippen molar-refractivity contribution in [3.63, 3.8) is 0 Å². The highest BCUT2D eigenvalue weighted by atomic mass is 16.5. The molecule has 0 amide bonds. The highest BCUT2D eigenvalue weighted by molar-refractivity contribution is 5.75. The van der Waals surface area contributed by atoms with Crippen molar-refractivity contribution in [2.75, 3.05) is 20.3 Å². The molecule has 0 saturated heterocycles. The van der Waals surface area contributed by atoms with Crippen molar-refractivity contribution >= 4 is 0 Å². The van der Waals surface area contributed by atoms with Gasteiger partial charge in [0.1, 0.15) is 5.75 Å². The highest BCUT2D eigenvalue weighted by Crippen LogP contribution is 2.35. The molecule has 2 rings (SSSR count). The van der Waals surface area contributed by atoms with E-state index < -0.39 is 0 Å². The van der Waals surface area contributed by atoms with Gasteiger partial charge in [0, 0.05) is 17.3 Å². The number of nitrogens with zero attached hydrogens (tertiary/aromatic N) is 1. The van der Waals surface area contributed by atoms with Crippen molar-refractivity contribution in [2.45, 2.75) is 13.3 Å². The molecule has 20 heavy (non-hydrogen) atoms. The Morgan fingerprint density at radius 2 is 2.05 bits per heavy atom. The first-order valence-corrected chi connectivity index (χ1v) is 6.75. The van der Waals surface area contributed by atoms with E-state index in [1.54, 1.807) is 13.3 Å². The van der Waals surface area contributed by atoms with Crippen LogP contribution in [0.25, 0.3) is 11.1 Å². The third-order valence-corrected chi connectivity index (χ3v) is 3.04. The average molecular weight is 272 g/mol. The average Bonchev–Trinajstić information content (AvgIpc) is 2.48. The summed E-state index contributed by atoms with van der Waals surface area (Å²) in [5, 5.41) is 0. The van der Waals surface area contributed by atoms with Crippen molar-refractivity contribution in [3.05, 3.63) is 42.1 Å². The summed E-state index contributed by atoms with van der Waals surface area (Å²) in [6.45, 7) is 3.15. The van der Waals surface area contributed by atoms with E-state index in [4.69, 9.17) is 15.2 Å². The van der Waals surface area contributed by atoms with Crippen LogP contribution in [0.5, 0.6) is 11.6 Å². The Balaban J connectivity index is 2.52. The molecule has 1 heterocycles. The lowest BCUT2D eigenvalue weighted by atomic mass is 10.0. The van der Waals surface area contributed by atoms with E-state index in [0.717, 1.165) is 23.3 Å². The monoisotopic (exact) mass is 272 g/mol. The molecule has 0 atom stereocenters. The first kappa shape index (κ1) is 14.3. The Hall–Kier alpha value is -2.07. The number of methoxy groups -OCH3 is 1. The summed E-state index contributed by atoms with van der Waals surface area (Å²) < 4.78 is 11.1. The van der Waals surface area contributed by atoms with Crippen LogP contribution in [-0.2, 0) is 6.42 Å². The van der Waals surface area contributed by atoms with Gasteiger partial charge in [-0.2, -0.15) is 0 Å². The topological polar surface area (TPSA) is 57.4 Å². The van der Waals surface area contributed by atoms with Crippen molar-refractivity contribution in [1.29, 1.82) is 0 Å². The normalized spacial score (nSPS) is 10.3. The van der Waals surface area contributed by atoms with Crippen molar-refractivity contribution in [1.82, 2.24) is 4.98 Å². The maximum atomic E-state index is 5.63. The molecule has 0 aliphatic heterocycles. The Labute approximate surface area is 119 Å². The molecule has 1 aromatic carbocycles. The minimum absolute atomic E-state index is 0.578. The number of ether oxygens (including phenoxy) is 2. The Bertz CT molecular complexity index is 570. The van der Waals surface area contributed by atoms with Gasteiger partial charge in [0.05, 0.1) is 13.7 Å². The molecule has 0 unspecified atom stereocenters. The fraction of sp³-hybridized carbons (Fsp3) is 0.312. The van der Waals surface area contributed by atoms with Crippen LogP contribution in [0, 0.1) is 0 Å². The van der Waals surface area contributed by atoms with Crippen LogP contribution in [0.4, 0.5) is 0 Å². The van der Waals surface area contributed by atoms with Gasteiger partial charge in [-0.1, -0.05) is 6.07 Å². The fourth-order valence-corrected chi connectivity index (χ4v) is 2.14. The summed E-state index contributed by atoms with van der Waals surface area (Å²) in [6, 6.07) is 9.97. The van der Waals surface area contributed by atoms with Crippen LogP contribution in [0.3, 0.4) is 0 Å². The van der Waals surface area contributed by atoms with Gasteiger partial charge in [-0.3, -0.25) is 0 Å². The number of nitrogens with two attached hydrogens (primary N) is 1. The summed E-state index contributed by atoms with van der Waals surface area (Å²) in [6.07, 6.45) is 2.56. The molecule has 0 aliphatic carbocycles. The lowest BCUT2D eigenvalue weighted by Gasteiger charge is -2.13. The minimum atomic E-state index is 0.578. The molecule has 4 nitrogen and oxygen atoms in total. The second-order valence-electron chi connectivity index (χ2n) is 4.36. The molecule has 2 N–H and O–H groups in total. The van der Waals surface area contributed by atoms with E-state index in [1.165, 1.54) is 5.56 Å². The van der Waals surface area contributed by atoms with Gasteiger partial charge in [-0.15, -0.1) is 0 Å². The molecule has 1 aromatic heterocycles. The summed E-state index contributed by atoms with van der Waals surface area (Å²) in [7, 11) is 1.66. The second-order valence-corrected chi connectivity index (χ2v) is 4.36. The van der Waals surface area contributed by atoms with Crippen LogP contribution in [0.2, 0.25) is 0 Å². The smallest absolute Gasteiger partial charge is 0.221 e. The Kier molecular flexibility index (Phi) is 4.96. The zero-order chi connectivity index (χ0) is 14.4. The number of hydrogen-bond donors (Lipinski definition) is 1. The summed E-state index contributed by atoms with van der Waals surface area (Å²) >= 11 is 0. The molecular formula is C16H20N2O2. The van der Waals surface area contributed by atoms with Gasteiger partial charge in [0.25, 0.3) is 0 Å². The summed E-state index contributed by atoms with van der Waals surface area (Å²) in [5.41, 5.74) is 8.72. The number of rotatable bonds is 6. The third-order valence-electron chi connectivity index (χ3n) is 3.04. The van der Waals surface area contributed by atoms with Crippen LogP contribution in [0.1, 0.15) is 12.5 Å². The molecule has 2 aromatic rings. The van der Waals surface area contributed by atoms with E-state index in [1.807, 2.05) is 31.2 Å². The van der Waals surface area contributed by atoms with Crippen LogP contribution >= 0.6 is 0 Å². The van der Waals surface area contributed by atoms with Crippen molar-refractivity contribution in [2.24, 2.45) is 5.73 Å². The zero-order valence-corrected chi connectivity index (χ0v) is 11.9. The number of pyridine rings is 1. The number of hydrogen-bond acceptors (Lipinski definition) is 4. The maximum Gasteiger partial charge on any atom is 0.221 e. The van der Waals surface area contributed by atoms with Gasteiger partial charge < -0.3 is 15.2 Å². The lowest BCUT2D eigenvalue weighted by molar-refractivity contribution is 0.328. The van der Waals surface area contributed by atoms with E-state index in [-0.39, 0.29) is 0 Å². The largest absolute Gasteiger partial charge is 0.496 e. The predicted molar refractivity (Wildman–Crippen MR) is 80.2 cm³/mol. The molecule has 106 valence electrons. The van der Waals surface area contributed by atoms with Gasteiger partial charge in [-0.25, -0.2) is 4.98 Å². The van der Waals surface area contributed by atoms with Gasteiger partial charge in [0.15, 0.2) is 0 Å². The highest BCUT2D eigenvalue weighted by Gasteiger charge is 2.12. The Morgan fingerprint density at radius 3 is 2.75 bits per heavy atom. The van der Waals surface area contributed by atoms with E-state index in [0.29, 0.717) is 19.0 Å². The molecule has 0 fully saturated rings. The second kappa shape index (κ2) is 6.91. The lowest BCUT2D eigenvalue weighted by Crippen LogP contribution is -2.03.